The number of benzene rings is 1. The van der Waals surface area contributed by atoms with Gasteiger partial charge in [-0.1, -0.05) is 0 Å². The van der Waals surface area contributed by atoms with Crippen LogP contribution >= 0.6 is 0 Å². The first-order valence-electron chi connectivity index (χ1n) is 8.78. The van der Waals surface area contributed by atoms with Crippen LogP contribution in [0.5, 0.6) is 0 Å². The van der Waals surface area contributed by atoms with Gasteiger partial charge in [0.25, 0.3) is 5.91 Å². The zero-order valence-corrected chi connectivity index (χ0v) is 14.0. The summed E-state index contributed by atoms with van der Waals surface area (Å²) in [6, 6.07) is 6.09. The van der Waals surface area contributed by atoms with E-state index in [9.17, 15) is 14.3 Å². The van der Waals surface area contributed by atoms with Gasteiger partial charge in [-0.2, -0.15) is 5.10 Å². The number of H-pyrrole nitrogens is 1. The maximum absolute atomic E-state index is 13.3. The number of carbonyl (C=O) groups excluding carboxylic acids is 1. The topological polar surface area (TPSA) is 87.0 Å². The highest BCUT2D eigenvalue weighted by atomic mass is 19.1. The lowest BCUT2D eigenvalue weighted by Crippen LogP contribution is -2.38. The number of carbonyl (C=O) groups is 1. The molecular formula is C18H18FN5O2. The van der Waals surface area contributed by atoms with Gasteiger partial charge in [0.1, 0.15) is 11.9 Å². The fourth-order valence-corrected chi connectivity index (χ4v) is 3.49. The SMILES string of the molecule is O=C(c1nc2ccc(F)cc2[nH]1)N1CCn2nc(C(O)C3CC3)cc2C1. The number of aliphatic hydroxyl groups is 1. The molecule has 1 amide bonds. The molecule has 1 fully saturated rings. The van der Waals surface area contributed by atoms with E-state index in [2.05, 4.69) is 15.1 Å². The van der Waals surface area contributed by atoms with E-state index in [0.717, 1.165) is 18.5 Å². The Morgan fingerprint density at radius 3 is 2.96 bits per heavy atom. The van der Waals surface area contributed by atoms with Crippen molar-refractivity contribution in [2.24, 2.45) is 5.92 Å². The van der Waals surface area contributed by atoms with Crippen LogP contribution in [0.2, 0.25) is 0 Å². The van der Waals surface area contributed by atoms with Crippen LogP contribution in [-0.2, 0) is 13.1 Å². The molecule has 134 valence electrons. The molecular weight excluding hydrogens is 337 g/mol. The van der Waals surface area contributed by atoms with E-state index in [-0.39, 0.29) is 17.5 Å². The number of nitrogens with zero attached hydrogens (tertiary/aromatic N) is 4. The highest BCUT2D eigenvalue weighted by Gasteiger charge is 2.34. The first-order chi connectivity index (χ1) is 12.6. The molecule has 5 rings (SSSR count). The molecule has 3 aromatic rings. The monoisotopic (exact) mass is 355 g/mol. The van der Waals surface area contributed by atoms with Crippen LogP contribution in [0.3, 0.4) is 0 Å². The summed E-state index contributed by atoms with van der Waals surface area (Å²) in [6.45, 7) is 1.50. The van der Waals surface area contributed by atoms with Crippen molar-refractivity contribution in [3.05, 3.63) is 47.3 Å². The maximum atomic E-state index is 13.3. The van der Waals surface area contributed by atoms with Gasteiger partial charge in [-0.3, -0.25) is 9.48 Å². The Bertz CT molecular complexity index is 1010. The summed E-state index contributed by atoms with van der Waals surface area (Å²) in [4.78, 5) is 21.6. The molecule has 1 atom stereocenters. The van der Waals surface area contributed by atoms with Crippen molar-refractivity contribution in [1.29, 1.82) is 0 Å². The van der Waals surface area contributed by atoms with Gasteiger partial charge in [0.05, 0.1) is 35.5 Å². The van der Waals surface area contributed by atoms with Crippen molar-refractivity contribution in [3.63, 3.8) is 0 Å². The van der Waals surface area contributed by atoms with Crippen LogP contribution in [0.25, 0.3) is 11.0 Å². The summed E-state index contributed by atoms with van der Waals surface area (Å²) in [5.41, 5.74) is 2.66. The first kappa shape index (κ1) is 15.5. The normalized spacial score (nSPS) is 18.2. The van der Waals surface area contributed by atoms with Gasteiger partial charge in [0.15, 0.2) is 5.82 Å². The van der Waals surface area contributed by atoms with Gasteiger partial charge in [-0.15, -0.1) is 0 Å². The Morgan fingerprint density at radius 1 is 1.31 bits per heavy atom. The number of hydrogen-bond donors (Lipinski definition) is 2. The molecule has 2 N–H and O–H groups in total. The van der Waals surface area contributed by atoms with E-state index < -0.39 is 6.10 Å². The van der Waals surface area contributed by atoms with Gasteiger partial charge >= 0.3 is 0 Å². The second-order valence-corrected chi connectivity index (χ2v) is 7.04. The molecule has 3 heterocycles. The molecule has 1 saturated carbocycles. The van der Waals surface area contributed by atoms with Crippen molar-refractivity contribution < 1.29 is 14.3 Å². The van der Waals surface area contributed by atoms with Gasteiger partial charge < -0.3 is 15.0 Å². The minimum Gasteiger partial charge on any atom is -0.386 e. The lowest BCUT2D eigenvalue weighted by molar-refractivity contribution is 0.0694. The smallest absolute Gasteiger partial charge is 0.290 e. The third-order valence-corrected chi connectivity index (χ3v) is 5.12. The molecule has 1 aromatic carbocycles. The van der Waals surface area contributed by atoms with E-state index in [4.69, 9.17) is 0 Å². The van der Waals surface area contributed by atoms with E-state index in [1.165, 1.54) is 12.1 Å². The van der Waals surface area contributed by atoms with Gasteiger partial charge in [-0.25, -0.2) is 9.37 Å². The molecule has 0 bridgehead atoms. The molecule has 1 aliphatic carbocycles. The number of fused-ring (bicyclic) bond motifs is 2. The summed E-state index contributed by atoms with van der Waals surface area (Å²) < 4.78 is 15.2. The first-order valence-corrected chi connectivity index (χ1v) is 8.78. The Kier molecular flexibility index (Phi) is 3.36. The van der Waals surface area contributed by atoms with Crippen LogP contribution in [0.15, 0.2) is 24.3 Å². The summed E-state index contributed by atoms with van der Waals surface area (Å²) in [5.74, 6) is -0.0699. The highest BCUT2D eigenvalue weighted by molar-refractivity contribution is 5.94. The minimum absolute atomic E-state index is 0.205. The molecule has 2 aromatic heterocycles. The third-order valence-electron chi connectivity index (χ3n) is 5.12. The number of aromatic amines is 1. The van der Waals surface area contributed by atoms with Crippen molar-refractivity contribution in [3.8, 4) is 0 Å². The molecule has 26 heavy (non-hydrogen) atoms. The van der Waals surface area contributed by atoms with Gasteiger partial charge in [0, 0.05) is 6.54 Å². The number of halogens is 1. The van der Waals surface area contributed by atoms with Gasteiger partial charge in [0.2, 0.25) is 0 Å². The molecule has 7 nitrogen and oxygen atoms in total. The van der Waals surface area contributed by atoms with Crippen molar-refractivity contribution in [1.82, 2.24) is 24.6 Å². The van der Waals surface area contributed by atoms with Crippen molar-refractivity contribution in [2.45, 2.75) is 32.0 Å². The van der Waals surface area contributed by atoms with Gasteiger partial charge in [-0.05, 0) is 43.0 Å². The second kappa shape index (κ2) is 5.63. The van der Waals surface area contributed by atoms with E-state index in [1.54, 1.807) is 11.0 Å². The molecule has 0 spiro atoms. The fourth-order valence-electron chi connectivity index (χ4n) is 3.49. The average molecular weight is 355 g/mol. The maximum Gasteiger partial charge on any atom is 0.290 e. The predicted molar refractivity (Wildman–Crippen MR) is 90.7 cm³/mol. The molecule has 0 radical (unpaired) electrons. The standard InChI is InChI=1S/C18H18FN5O2/c19-11-3-4-13-14(7-11)21-17(20-13)18(26)23-5-6-24-12(9-23)8-15(22-24)16(25)10-1-2-10/h3-4,7-8,10,16,25H,1-2,5-6,9H2,(H,20,21). The summed E-state index contributed by atoms with van der Waals surface area (Å²) in [7, 11) is 0. The highest BCUT2D eigenvalue weighted by Crippen LogP contribution is 2.40. The lowest BCUT2D eigenvalue weighted by atomic mass is 10.1. The summed E-state index contributed by atoms with van der Waals surface area (Å²) in [6.07, 6.45) is 1.57. The van der Waals surface area contributed by atoms with E-state index in [0.29, 0.717) is 42.3 Å². The Morgan fingerprint density at radius 2 is 2.15 bits per heavy atom. The molecule has 8 heteroatoms. The third kappa shape index (κ3) is 2.57. The van der Waals surface area contributed by atoms with Crippen LogP contribution in [0.4, 0.5) is 4.39 Å². The zero-order valence-electron chi connectivity index (χ0n) is 14.0. The predicted octanol–water partition coefficient (Wildman–Crippen LogP) is 2.00. The van der Waals surface area contributed by atoms with Crippen LogP contribution in [0, 0.1) is 11.7 Å². The average Bonchev–Trinajstić information content (AvgIpc) is 3.26. The minimum atomic E-state index is -0.512. The lowest BCUT2D eigenvalue weighted by Gasteiger charge is -2.26. The Balaban J connectivity index is 1.38. The second-order valence-electron chi connectivity index (χ2n) is 7.04. The van der Waals surface area contributed by atoms with E-state index >= 15 is 0 Å². The molecule has 1 unspecified atom stereocenters. The van der Waals surface area contributed by atoms with Crippen molar-refractivity contribution >= 4 is 16.9 Å². The molecule has 0 saturated heterocycles. The molecule has 2 aliphatic rings. The molecule has 1 aliphatic heterocycles. The quantitative estimate of drug-likeness (QED) is 0.752. The number of aromatic nitrogens is 4. The number of imidazole rings is 1. The number of hydrogen-bond acceptors (Lipinski definition) is 4. The number of nitrogens with one attached hydrogen (secondary N) is 1. The fraction of sp³-hybridized carbons (Fsp3) is 0.389. The zero-order chi connectivity index (χ0) is 17.8. The summed E-state index contributed by atoms with van der Waals surface area (Å²) >= 11 is 0. The van der Waals surface area contributed by atoms with Crippen LogP contribution < -0.4 is 0 Å². The van der Waals surface area contributed by atoms with E-state index in [1.807, 2.05) is 10.7 Å². The number of aliphatic hydroxyl groups excluding tert-OH is 1. The van der Waals surface area contributed by atoms with Crippen LogP contribution in [0.1, 0.15) is 41.0 Å². The Labute approximate surface area is 148 Å². The number of rotatable bonds is 3. The van der Waals surface area contributed by atoms with Crippen molar-refractivity contribution in [2.75, 3.05) is 6.54 Å². The largest absolute Gasteiger partial charge is 0.386 e. The summed E-state index contributed by atoms with van der Waals surface area (Å²) in [5, 5.41) is 14.8. The van der Waals surface area contributed by atoms with Crippen LogP contribution in [-0.4, -0.2) is 42.2 Å². The number of amides is 1. The Hall–Kier alpha value is -2.74.